The number of phenols is 1. The van der Waals surface area contributed by atoms with E-state index in [0.717, 1.165) is 5.56 Å². The second kappa shape index (κ2) is 6.43. The third-order valence-electron chi connectivity index (χ3n) is 2.42. The zero-order chi connectivity index (χ0) is 14.5. The minimum atomic E-state index is -0.526. The molecule has 4 N–H and O–H groups in total. The molecule has 1 atom stereocenters. The molecule has 0 bridgehead atoms. The van der Waals surface area contributed by atoms with Gasteiger partial charge in [-0.15, -0.1) is 0 Å². The zero-order valence-electron chi connectivity index (χ0n) is 11.6. The predicted molar refractivity (Wildman–Crippen MR) is 74.0 cm³/mol. The molecule has 0 aliphatic heterocycles. The fourth-order valence-electron chi connectivity index (χ4n) is 1.58. The van der Waals surface area contributed by atoms with Gasteiger partial charge in [0.05, 0.1) is 0 Å². The molecule has 5 nitrogen and oxygen atoms in total. The molecule has 5 heteroatoms. The summed E-state index contributed by atoms with van der Waals surface area (Å²) in [6.07, 6.45) is 0.123. The third-order valence-corrected chi connectivity index (χ3v) is 2.42. The van der Waals surface area contributed by atoms with Crippen LogP contribution in [0, 0.1) is 0 Å². The Balaban J connectivity index is 2.54. The fourth-order valence-corrected chi connectivity index (χ4v) is 1.58. The number of phenolic OH excluding ortho intramolecular Hbond substituents is 1. The summed E-state index contributed by atoms with van der Waals surface area (Å²) in [7, 11) is 0. The van der Waals surface area contributed by atoms with Crippen molar-refractivity contribution in [1.82, 2.24) is 5.32 Å². The van der Waals surface area contributed by atoms with Crippen LogP contribution in [-0.2, 0) is 11.2 Å². The van der Waals surface area contributed by atoms with Gasteiger partial charge in [0.15, 0.2) is 0 Å². The maximum Gasteiger partial charge on any atom is 0.407 e. The normalized spacial score (nSPS) is 12.8. The highest BCUT2D eigenvalue weighted by atomic mass is 16.6. The van der Waals surface area contributed by atoms with Crippen molar-refractivity contribution in [3.05, 3.63) is 29.8 Å². The summed E-state index contributed by atoms with van der Waals surface area (Å²) in [4.78, 5) is 11.6. The molecule has 0 fully saturated rings. The molecule has 0 aliphatic carbocycles. The molecule has 0 saturated heterocycles. The van der Waals surface area contributed by atoms with E-state index in [1.54, 1.807) is 24.3 Å². The first-order chi connectivity index (χ1) is 8.80. The SMILES string of the molecule is CC(C)(C)OC(=O)NC(CN)Cc1ccc(O)cc1. The molecule has 1 aromatic rings. The van der Waals surface area contributed by atoms with E-state index in [1.807, 2.05) is 20.8 Å². The Morgan fingerprint density at radius 3 is 2.42 bits per heavy atom. The number of carbonyl (C=O) groups is 1. The lowest BCUT2D eigenvalue weighted by molar-refractivity contribution is 0.0506. The van der Waals surface area contributed by atoms with Crippen molar-refractivity contribution in [3.63, 3.8) is 0 Å². The summed E-state index contributed by atoms with van der Waals surface area (Å²) in [5.74, 6) is 0.216. The monoisotopic (exact) mass is 266 g/mol. The van der Waals surface area contributed by atoms with Crippen molar-refractivity contribution < 1.29 is 14.6 Å². The smallest absolute Gasteiger partial charge is 0.407 e. The first-order valence-electron chi connectivity index (χ1n) is 6.27. The second-order valence-electron chi connectivity index (χ2n) is 5.45. The molecule has 0 heterocycles. The summed E-state index contributed by atoms with van der Waals surface area (Å²) in [5, 5.41) is 11.9. The van der Waals surface area contributed by atoms with E-state index >= 15 is 0 Å². The van der Waals surface area contributed by atoms with Gasteiger partial charge in [0.25, 0.3) is 0 Å². The van der Waals surface area contributed by atoms with Gasteiger partial charge in [-0.1, -0.05) is 12.1 Å². The third kappa shape index (κ3) is 6.10. The van der Waals surface area contributed by atoms with Gasteiger partial charge in [-0.3, -0.25) is 0 Å². The molecular formula is C14H22N2O3. The molecule has 19 heavy (non-hydrogen) atoms. The molecule has 1 rings (SSSR count). The molecular weight excluding hydrogens is 244 g/mol. The first kappa shape index (κ1) is 15.3. The molecule has 0 aliphatic rings. The molecule has 0 saturated carbocycles. The van der Waals surface area contributed by atoms with Gasteiger partial charge in [0.2, 0.25) is 0 Å². The van der Waals surface area contributed by atoms with Gasteiger partial charge in [-0.05, 0) is 44.9 Å². The summed E-state index contributed by atoms with van der Waals surface area (Å²) in [6.45, 7) is 5.75. The fraction of sp³-hybridized carbons (Fsp3) is 0.500. The summed E-state index contributed by atoms with van der Waals surface area (Å²) < 4.78 is 5.18. The highest BCUT2D eigenvalue weighted by Gasteiger charge is 2.19. The van der Waals surface area contributed by atoms with E-state index in [9.17, 15) is 9.90 Å². The Labute approximate surface area is 113 Å². The van der Waals surface area contributed by atoms with Crippen LogP contribution in [0.4, 0.5) is 4.79 Å². The Hall–Kier alpha value is -1.75. The van der Waals surface area contributed by atoms with Gasteiger partial charge >= 0.3 is 6.09 Å². The van der Waals surface area contributed by atoms with E-state index in [4.69, 9.17) is 10.5 Å². The maximum absolute atomic E-state index is 11.6. The lowest BCUT2D eigenvalue weighted by Crippen LogP contribution is -2.44. The number of carbonyl (C=O) groups excluding carboxylic acids is 1. The van der Waals surface area contributed by atoms with E-state index in [1.165, 1.54) is 0 Å². The average Bonchev–Trinajstić information content (AvgIpc) is 2.28. The number of hydrogen-bond donors (Lipinski definition) is 3. The number of hydrogen-bond acceptors (Lipinski definition) is 4. The van der Waals surface area contributed by atoms with Gasteiger partial charge in [0.1, 0.15) is 11.4 Å². The van der Waals surface area contributed by atoms with E-state index in [0.29, 0.717) is 13.0 Å². The van der Waals surface area contributed by atoms with Gasteiger partial charge in [-0.2, -0.15) is 0 Å². The van der Waals surface area contributed by atoms with Crippen LogP contribution in [0.3, 0.4) is 0 Å². The number of benzene rings is 1. The van der Waals surface area contributed by atoms with Crippen LogP contribution in [0.2, 0.25) is 0 Å². The second-order valence-corrected chi connectivity index (χ2v) is 5.45. The van der Waals surface area contributed by atoms with Gasteiger partial charge < -0.3 is 20.9 Å². The number of rotatable bonds is 4. The van der Waals surface area contributed by atoms with Crippen molar-refractivity contribution in [2.24, 2.45) is 5.73 Å². The number of nitrogens with two attached hydrogens (primary N) is 1. The number of amides is 1. The first-order valence-corrected chi connectivity index (χ1v) is 6.27. The standard InChI is InChI=1S/C14H22N2O3/c1-14(2,3)19-13(18)16-11(9-15)8-10-4-6-12(17)7-5-10/h4-7,11,17H,8-9,15H2,1-3H3,(H,16,18). The molecule has 106 valence electrons. The van der Waals surface area contributed by atoms with Crippen molar-refractivity contribution in [2.75, 3.05) is 6.54 Å². The minimum Gasteiger partial charge on any atom is -0.508 e. The summed E-state index contributed by atoms with van der Waals surface area (Å²) in [5.41, 5.74) is 6.11. The lowest BCUT2D eigenvalue weighted by atomic mass is 10.1. The molecule has 0 radical (unpaired) electrons. The molecule has 1 unspecified atom stereocenters. The van der Waals surface area contributed by atoms with Crippen molar-refractivity contribution in [2.45, 2.75) is 38.8 Å². The Kier molecular flexibility index (Phi) is 5.18. The Morgan fingerprint density at radius 1 is 1.37 bits per heavy atom. The minimum absolute atomic E-state index is 0.195. The van der Waals surface area contributed by atoms with Gasteiger partial charge in [-0.25, -0.2) is 4.79 Å². The van der Waals surface area contributed by atoms with E-state index < -0.39 is 11.7 Å². The van der Waals surface area contributed by atoms with Crippen LogP contribution in [0.25, 0.3) is 0 Å². The number of aromatic hydroxyl groups is 1. The largest absolute Gasteiger partial charge is 0.508 e. The Morgan fingerprint density at radius 2 is 1.95 bits per heavy atom. The quantitative estimate of drug-likeness (QED) is 0.775. The van der Waals surface area contributed by atoms with Crippen molar-refractivity contribution in [1.29, 1.82) is 0 Å². The maximum atomic E-state index is 11.6. The van der Waals surface area contributed by atoms with Crippen molar-refractivity contribution >= 4 is 6.09 Å². The van der Waals surface area contributed by atoms with Crippen molar-refractivity contribution in [3.8, 4) is 5.75 Å². The van der Waals surface area contributed by atoms with Crippen LogP contribution in [0.15, 0.2) is 24.3 Å². The summed E-state index contributed by atoms with van der Waals surface area (Å²) in [6, 6.07) is 6.62. The highest BCUT2D eigenvalue weighted by Crippen LogP contribution is 2.12. The Bertz CT molecular complexity index is 410. The molecule has 0 aromatic heterocycles. The van der Waals surface area contributed by atoms with Gasteiger partial charge in [0, 0.05) is 12.6 Å². The van der Waals surface area contributed by atoms with Crippen LogP contribution in [0.1, 0.15) is 26.3 Å². The molecule has 0 spiro atoms. The average molecular weight is 266 g/mol. The zero-order valence-corrected chi connectivity index (χ0v) is 11.6. The number of nitrogens with one attached hydrogen (secondary N) is 1. The molecule has 1 aromatic carbocycles. The highest BCUT2D eigenvalue weighted by molar-refractivity contribution is 5.68. The van der Waals surface area contributed by atoms with E-state index in [-0.39, 0.29) is 11.8 Å². The topological polar surface area (TPSA) is 84.6 Å². The lowest BCUT2D eigenvalue weighted by Gasteiger charge is -2.23. The van der Waals surface area contributed by atoms with Crippen LogP contribution < -0.4 is 11.1 Å². The summed E-state index contributed by atoms with van der Waals surface area (Å²) >= 11 is 0. The number of ether oxygens (including phenoxy) is 1. The number of alkyl carbamates (subject to hydrolysis) is 1. The predicted octanol–water partition coefficient (Wildman–Crippen LogP) is 1.79. The van der Waals surface area contributed by atoms with Crippen LogP contribution in [0.5, 0.6) is 5.75 Å². The van der Waals surface area contributed by atoms with Crippen LogP contribution >= 0.6 is 0 Å². The van der Waals surface area contributed by atoms with E-state index in [2.05, 4.69) is 5.32 Å². The molecule has 1 amide bonds. The van der Waals surface area contributed by atoms with Crippen LogP contribution in [-0.4, -0.2) is 29.4 Å².